The molecule has 0 bridgehead atoms. The lowest BCUT2D eigenvalue weighted by molar-refractivity contribution is 0.102. The van der Waals surface area contributed by atoms with Crippen LogP contribution in [-0.2, 0) is 0 Å². The van der Waals surface area contributed by atoms with Crippen molar-refractivity contribution in [1.29, 1.82) is 0 Å². The summed E-state index contributed by atoms with van der Waals surface area (Å²) in [5.74, 6) is -0.666. The van der Waals surface area contributed by atoms with E-state index in [4.69, 9.17) is 0 Å². The topological polar surface area (TPSA) is 74.3 Å². The van der Waals surface area contributed by atoms with E-state index in [1.807, 2.05) is 74.4 Å². The van der Waals surface area contributed by atoms with E-state index in [0.717, 1.165) is 11.3 Å². The van der Waals surface area contributed by atoms with Crippen LogP contribution in [0.15, 0.2) is 66.9 Å². The molecule has 6 heteroatoms. The van der Waals surface area contributed by atoms with Gasteiger partial charge in [0.25, 0.3) is 11.8 Å². The summed E-state index contributed by atoms with van der Waals surface area (Å²) in [6.07, 6.45) is 1.45. The van der Waals surface area contributed by atoms with Crippen LogP contribution in [0.1, 0.15) is 26.4 Å². The van der Waals surface area contributed by atoms with Gasteiger partial charge in [0.2, 0.25) is 0 Å². The predicted molar refractivity (Wildman–Crippen MR) is 112 cm³/mol. The fraction of sp³-hybridized carbons (Fsp3) is 0.136. The summed E-state index contributed by atoms with van der Waals surface area (Å²) in [6.45, 7) is 1.95. The van der Waals surface area contributed by atoms with Gasteiger partial charge in [-0.3, -0.25) is 14.6 Å². The molecule has 2 aromatic carbocycles. The van der Waals surface area contributed by atoms with Gasteiger partial charge in [-0.15, -0.1) is 0 Å². The van der Waals surface area contributed by atoms with Gasteiger partial charge in [-0.1, -0.05) is 12.1 Å². The van der Waals surface area contributed by atoms with Gasteiger partial charge in [0.1, 0.15) is 5.69 Å². The monoisotopic (exact) mass is 374 g/mol. The molecule has 142 valence electrons. The molecular formula is C22H22N4O2. The average molecular weight is 374 g/mol. The maximum atomic E-state index is 12.5. The highest BCUT2D eigenvalue weighted by atomic mass is 16.2. The maximum Gasteiger partial charge on any atom is 0.274 e. The minimum Gasteiger partial charge on any atom is -0.378 e. The Hall–Kier alpha value is -3.67. The molecule has 2 amide bonds. The minimum absolute atomic E-state index is 0.175. The second-order valence-corrected chi connectivity index (χ2v) is 6.65. The summed E-state index contributed by atoms with van der Waals surface area (Å²) in [5.41, 5.74) is 3.98. The van der Waals surface area contributed by atoms with Crippen molar-refractivity contribution < 1.29 is 9.59 Å². The standard InChI is InChI=1S/C22H22N4O2/c1-15-5-4-6-18(13-15)25-21(27)16-11-12-23-20(14-16)22(28)24-17-7-9-19(10-8-17)26(2)3/h4-14H,1-3H3,(H,24,28)(H,25,27). The van der Waals surface area contributed by atoms with Crippen molar-refractivity contribution >= 4 is 28.9 Å². The molecule has 28 heavy (non-hydrogen) atoms. The van der Waals surface area contributed by atoms with E-state index < -0.39 is 0 Å². The molecule has 6 nitrogen and oxygen atoms in total. The van der Waals surface area contributed by atoms with Gasteiger partial charge in [-0.2, -0.15) is 0 Å². The highest BCUT2D eigenvalue weighted by Crippen LogP contribution is 2.17. The normalized spacial score (nSPS) is 10.2. The fourth-order valence-electron chi connectivity index (χ4n) is 2.66. The lowest BCUT2D eigenvalue weighted by atomic mass is 10.2. The smallest absolute Gasteiger partial charge is 0.274 e. The van der Waals surface area contributed by atoms with Crippen molar-refractivity contribution in [2.75, 3.05) is 29.6 Å². The van der Waals surface area contributed by atoms with E-state index in [0.29, 0.717) is 16.9 Å². The average Bonchev–Trinajstić information content (AvgIpc) is 2.68. The third-order valence-corrected chi connectivity index (χ3v) is 4.17. The molecule has 0 spiro atoms. The van der Waals surface area contributed by atoms with E-state index in [1.54, 1.807) is 6.07 Å². The number of hydrogen-bond donors (Lipinski definition) is 2. The van der Waals surface area contributed by atoms with Crippen LogP contribution < -0.4 is 15.5 Å². The van der Waals surface area contributed by atoms with Gasteiger partial charge in [0, 0.05) is 42.9 Å². The molecule has 1 aromatic heterocycles. The Balaban J connectivity index is 1.71. The van der Waals surface area contributed by atoms with E-state index >= 15 is 0 Å². The number of carbonyl (C=O) groups excluding carboxylic acids is 2. The summed E-state index contributed by atoms with van der Waals surface area (Å²) < 4.78 is 0. The molecule has 0 fully saturated rings. The molecule has 0 aliphatic rings. The number of pyridine rings is 1. The summed E-state index contributed by atoms with van der Waals surface area (Å²) in [5, 5.41) is 5.62. The third-order valence-electron chi connectivity index (χ3n) is 4.17. The van der Waals surface area contributed by atoms with Crippen molar-refractivity contribution in [3.8, 4) is 0 Å². The molecule has 2 N–H and O–H groups in total. The van der Waals surface area contributed by atoms with E-state index in [-0.39, 0.29) is 17.5 Å². The summed E-state index contributed by atoms with van der Waals surface area (Å²) in [7, 11) is 3.90. The molecule has 0 aliphatic carbocycles. The number of hydrogen-bond acceptors (Lipinski definition) is 4. The van der Waals surface area contributed by atoms with Crippen molar-refractivity contribution in [2.45, 2.75) is 6.92 Å². The van der Waals surface area contributed by atoms with Crippen molar-refractivity contribution in [1.82, 2.24) is 4.98 Å². The number of carbonyl (C=O) groups is 2. The molecule has 0 radical (unpaired) electrons. The number of amides is 2. The predicted octanol–water partition coefficient (Wildman–Crippen LogP) is 3.96. The molecule has 3 aromatic rings. The molecule has 0 aliphatic heterocycles. The van der Waals surface area contributed by atoms with Gasteiger partial charge in [0.15, 0.2) is 0 Å². The summed E-state index contributed by atoms with van der Waals surface area (Å²) >= 11 is 0. The third kappa shape index (κ3) is 4.73. The Labute approximate surface area is 164 Å². The number of rotatable bonds is 5. The molecule has 0 saturated carbocycles. The van der Waals surface area contributed by atoms with Gasteiger partial charge >= 0.3 is 0 Å². The van der Waals surface area contributed by atoms with Crippen molar-refractivity contribution in [3.63, 3.8) is 0 Å². The molecular weight excluding hydrogens is 352 g/mol. The second kappa shape index (κ2) is 8.35. The van der Waals surface area contributed by atoms with Crippen LogP contribution in [0.4, 0.5) is 17.1 Å². The first-order chi connectivity index (χ1) is 13.4. The number of nitrogens with one attached hydrogen (secondary N) is 2. The SMILES string of the molecule is Cc1cccc(NC(=O)c2ccnc(C(=O)Nc3ccc(N(C)C)cc3)c2)c1. The quantitative estimate of drug-likeness (QED) is 0.709. The molecule has 0 unspecified atom stereocenters. The van der Waals surface area contributed by atoms with Crippen molar-refractivity contribution in [2.24, 2.45) is 0 Å². The van der Waals surface area contributed by atoms with Gasteiger partial charge in [0.05, 0.1) is 0 Å². The number of benzene rings is 2. The van der Waals surface area contributed by atoms with Crippen LogP contribution in [0, 0.1) is 6.92 Å². The van der Waals surface area contributed by atoms with Crippen LogP contribution in [-0.4, -0.2) is 30.9 Å². The Bertz CT molecular complexity index is 997. The van der Waals surface area contributed by atoms with Crippen LogP contribution in [0.25, 0.3) is 0 Å². The summed E-state index contributed by atoms with van der Waals surface area (Å²) in [4.78, 5) is 31.0. The van der Waals surface area contributed by atoms with Crippen LogP contribution in [0.3, 0.4) is 0 Å². The lowest BCUT2D eigenvalue weighted by Gasteiger charge is -2.13. The Morgan fingerprint density at radius 1 is 0.857 bits per heavy atom. The molecule has 3 rings (SSSR count). The summed E-state index contributed by atoms with van der Waals surface area (Å²) in [6, 6.07) is 18.0. The minimum atomic E-state index is -0.372. The van der Waals surface area contributed by atoms with Gasteiger partial charge in [-0.05, 0) is 61.0 Å². The second-order valence-electron chi connectivity index (χ2n) is 6.65. The Kier molecular flexibility index (Phi) is 5.69. The number of aryl methyl sites for hydroxylation is 1. The number of anilines is 3. The molecule has 0 atom stereocenters. The van der Waals surface area contributed by atoms with E-state index in [1.165, 1.54) is 12.3 Å². The first kappa shape index (κ1) is 19.1. The van der Waals surface area contributed by atoms with Crippen molar-refractivity contribution in [3.05, 3.63) is 83.7 Å². The zero-order valence-electron chi connectivity index (χ0n) is 16.1. The Morgan fingerprint density at radius 3 is 2.25 bits per heavy atom. The van der Waals surface area contributed by atoms with Crippen LogP contribution in [0.5, 0.6) is 0 Å². The Morgan fingerprint density at radius 2 is 1.57 bits per heavy atom. The zero-order valence-corrected chi connectivity index (χ0v) is 16.1. The van der Waals surface area contributed by atoms with E-state index in [9.17, 15) is 9.59 Å². The number of nitrogens with zero attached hydrogens (tertiary/aromatic N) is 2. The van der Waals surface area contributed by atoms with Crippen LogP contribution >= 0.6 is 0 Å². The lowest BCUT2D eigenvalue weighted by Crippen LogP contribution is -2.17. The first-order valence-corrected chi connectivity index (χ1v) is 8.85. The molecule has 0 saturated heterocycles. The zero-order chi connectivity index (χ0) is 20.1. The van der Waals surface area contributed by atoms with E-state index in [2.05, 4.69) is 15.6 Å². The highest BCUT2D eigenvalue weighted by Gasteiger charge is 2.13. The van der Waals surface area contributed by atoms with Gasteiger partial charge in [-0.25, -0.2) is 0 Å². The number of aromatic nitrogens is 1. The maximum absolute atomic E-state index is 12.5. The van der Waals surface area contributed by atoms with Gasteiger partial charge < -0.3 is 15.5 Å². The largest absolute Gasteiger partial charge is 0.378 e. The molecule has 1 heterocycles. The highest BCUT2D eigenvalue weighted by molar-refractivity contribution is 6.07. The first-order valence-electron chi connectivity index (χ1n) is 8.85. The fourth-order valence-corrected chi connectivity index (χ4v) is 2.66. The van der Waals surface area contributed by atoms with Crippen LogP contribution in [0.2, 0.25) is 0 Å².